The molecular formula is C20H17ClN4S2. The van der Waals surface area contributed by atoms with E-state index in [1.165, 1.54) is 23.3 Å². The van der Waals surface area contributed by atoms with Crippen LogP contribution >= 0.6 is 34.7 Å². The maximum absolute atomic E-state index is 6.32. The van der Waals surface area contributed by atoms with E-state index >= 15 is 0 Å². The first kappa shape index (κ1) is 17.2. The van der Waals surface area contributed by atoms with Gasteiger partial charge in [-0.3, -0.25) is 4.98 Å². The van der Waals surface area contributed by atoms with Crippen LogP contribution in [0.3, 0.4) is 0 Å². The van der Waals surface area contributed by atoms with E-state index in [0.717, 1.165) is 39.1 Å². The quantitative estimate of drug-likeness (QED) is 0.377. The molecule has 27 heavy (non-hydrogen) atoms. The Morgan fingerprint density at radius 3 is 2.89 bits per heavy atom. The van der Waals surface area contributed by atoms with Crippen LogP contribution in [-0.2, 0) is 12.2 Å². The third-order valence-electron chi connectivity index (χ3n) is 4.72. The fourth-order valence-corrected chi connectivity index (χ4v) is 5.18. The zero-order valence-corrected chi connectivity index (χ0v) is 16.9. The van der Waals surface area contributed by atoms with Crippen LogP contribution in [0.4, 0.5) is 0 Å². The highest BCUT2D eigenvalue weighted by atomic mass is 35.5. The van der Waals surface area contributed by atoms with Crippen LogP contribution in [0.15, 0.2) is 53.1 Å². The number of thiophene rings is 1. The SMILES string of the molecule is Clc1ccc(CSc2nnc(Cc3cccs3)n2C2CC2)c2ncccc12. The summed E-state index contributed by atoms with van der Waals surface area (Å²) in [6.45, 7) is 0. The van der Waals surface area contributed by atoms with E-state index in [2.05, 4.69) is 43.3 Å². The van der Waals surface area contributed by atoms with Crippen LogP contribution in [0.5, 0.6) is 0 Å². The zero-order chi connectivity index (χ0) is 18.2. The molecule has 1 fully saturated rings. The Hall–Kier alpha value is -1.89. The highest BCUT2D eigenvalue weighted by molar-refractivity contribution is 7.98. The lowest BCUT2D eigenvalue weighted by atomic mass is 10.1. The molecule has 3 aromatic heterocycles. The molecule has 5 rings (SSSR count). The molecule has 136 valence electrons. The molecule has 4 aromatic rings. The molecule has 1 aromatic carbocycles. The molecule has 0 radical (unpaired) electrons. The normalized spacial score (nSPS) is 14.1. The minimum Gasteiger partial charge on any atom is -0.303 e. The molecule has 0 saturated heterocycles. The van der Waals surface area contributed by atoms with Gasteiger partial charge in [-0.05, 0) is 48.1 Å². The monoisotopic (exact) mass is 412 g/mol. The predicted molar refractivity (Wildman–Crippen MR) is 112 cm³/mol. The van der Waals surface area contributed by atoms with Crippen molar-refractivity contribution < 1.29 is 0 Å². The molecule has 1 aliphatic carbocycles. The Bertz CT molecular complexity index is 1090. The van der Waals surface area contributed by atoms with Gasteiger partial charge in [-0.2, -0.15) is 0 Å². The molecule has 0 amide bonds. The van der Waals surface area contributed by atoms with E-state index in [1.54, 1.807) is 23.1 Å². The van der Waals surface area contributed by atoms with Gasteiger partial charge in [0.2, 0.25) is 0 Å². The van der Waals surface area contributed by atoms with Crippen LogP contribution in [-0.4, -0.2) is 19.7 Å². The van der Waals surface area contributed by atoms with Crippen LogP contribution in [0.2, 0.25) is 5.02 Å². The summed E-state index contributed by atoms with van der Waals surface area (Å²) in [6, 6.07) is 12.8. The lowest BCUT2D eigenvalue weighted by Gasteiger charge is -2.09. The molecule has 0 aliphatic heterocycles. The number of pyridine rings is 1. The summed E-state index contributed by atoms with van der Waals surface area (Å²) >= 11 is 9.82. The summed E-state index contributed by atoms with van der Waals surface area (Å²) in [5.74, 6) is 1.87. The molecule has 3 heterocycles. The topological polar surface area (TPSA) is 43.6 Å². The Kier molecular flexibility index (Phi) is 4.63. The number of thioether (sulfide) groups is 1. The number of halogens is 1. The van der Waals surface area contributed by atoms with Gasteiger partial charge in [-0.15, -0.1) is 21.5 Å². The highest BCUT2D eigenvalue weighted by Crippen LogP contribution is 2.40. The van der Waals surface area contributed by atoms with Crippen molar-refractivity contribution in [2.45, 2.75) is 36.2 Å². The number of aromatic nitrogens is 4. The van der Waals surface area contributed by atoms with Crippen molar-refractivity contribution in [2.75, 3.05) is 0 Å². The Morgan fingerprint density at radius 1 is 1.15 bits per heavy atom. The minimum atomic E-state index is 0.553. The summed E-state index contributed by atoms with van der Waals surface area (Å²) < 4.78 is 2.34. The van der Waals surface area contributed by atoms with Crippen molar-refractivity contribution in [1.29, 1.82) is 0 Å². The third kappa shape index (κ3) is 3.49. The van der Waals surface area contributed by atoms with Crippen molar-refractivity contribution >= 4 is 45.6 Å². The van der Waals surface area contributed by atoms with Gasteiger partial charge < -0.3 is 4.57 Å². The summed E-state index contributed by atoms with van der Waals surface area (Å²) in [5, 5.41) is 13.9. The van der Waals surface area contributed by atoms with Gasteiger partial charge in [0.25, 0.3) is 0 Å². The zero-order valence-electron chi connectivity index (χ0n) is 14.5. The van der Waals surface area contributed by atoms with Gasteiger partial charge in [-0.25, -0.2) is 0 Å². The standard InChI is InChI=1S/C20H17ClN4S2/c21-17-8-5-13(19-16(17)4-1-9-22-19)12-27-20-24-23-18(25(20)14-6-7-14)11-15-3-2-10-26-15/h1-5,8-10,14H,6-7,11-12H2. The van der Waals surface area contributed by atoms with Crippen molar-refractivity contribution in [3.63, 3.8) is 0 Å². The number of hydrogen-bond donors (Lipinski definition) is 0. The van der Waals surface area contributed by atoms with E-state index in [9.17, 15) is 0 Å². The average Bonchev–Trinajstić information content (AvgIpc) is 3.24. The number of benzene rings is 1. The summed E-state index contributed by atoms with van der Waals surface area (Å²) in [7, 11) is 0. The molecule has 1 aliphatic rings. The van der Waals surface area contributed by atoms with E-state index < -0.39 is 0 Å². The fraction of sp³-hybridized carbons (Fsp3) is 0.250. The summed E-state index contributed by atoms with van der Waals surface area (Å²) in [4.78, 5) is 5.87. The van der Waals surface area contributed by atoms with Gasteiger partial charge in [0.15, 0.2) is 5.16 Å². The first-order valence-corrected chi connectivity index (χ1v) is 11.1. The van der Waals surface area contributed by atoms with Crippen molar-refractivity contribution in [2.24, 2.45) is 0 Å². The molecule has 7 heteroatoms. The van der Waals surface area contributed by atoms with Crippen molar-refractivity contribution in [3.05, 3.63) is 69.3 Å². The largest absolute Gasteiger partial charge is 0.303 e. The lowest BCUT2D eigenvalue weighted by Crippen LogP contribution is -2.03. The Morgan fingerprint density at radius 2 is 2.07 bits per heavy atom. The number of hydrogen-bond acceptors (Lipinski definition) is 5. The van der Waals surface area contributed by atoms with Gasteiger partial charge in [0, 0.05) is 39.7 Å². The van der Waals surface area contributed by atoms with Crippen molar-refractivity contribution in [1.82, 2.24) is 19.7 Å². The van der Waals surface area contributed by atoms with Gasteiger partial charge >= 0.3 is 0 Å². The first-order valence-electron chi connectivity index (χ1n) is 8.90. The Labute approximate surface area is 170 Å². The first-order chi connectivity index (χ1) is 13.3. The number of fused-ring (bicyclic) bond motifs is 1. The fourth-order valence-electron chi connectivity index (χ4n) is 3.25. The minimum absolute atomic E-state index is 0.553. The maximum Gasteiger partial charge on any atom is 0.191 e. The van der Waals surface area contributed by atoms with Gasteiger partial charge in [-0.1, -0.05) is 35.5 Å². The van der Waals surface area contributed by atoms with Crippen molar-refractivity contribution in [3.8, 4) is 0 Å². The number of nitrogens with zero attached hydrogens (tertiary/aromatic N) is 4. The van der Waals surface area contributed by atoms with E-state index in [-0.39, 0.29) is 0 Å². The molecule has 0 N–H and O–H groups in total. The van der Waals surface area contributed by atoms with Gasteiger partial charge in [0.1, 0.15) is 5.82 Å². The molecule has 0 spiro atoms. The smallest absolute Gasteiger partial charge is 0.191 e. The maximum atomic E-state index is 6.32. The molecule has 4 nitrogen and oxygen atoms in total. The molecule has 1 saturated carbocycles. The molecule has 0 atom stereocenters. The molecule has 0 unspecified atom stereocenters. The van der Waals surface area contributed by atoms with E-state index in [0.29, 0.717) is 6.04 Å². The summed E-state index contributed by atoms with van der Waals surface area (Å²) in [6.07, 6.45) is 5.11. The third-order valence-corrected chi connectivity index (χ3v) is 6.91. The van der Waals surface area contributed by atoms with Gasteiger partial charge in [0.05, 0.1) is 5.52 Å². The van der Waals surface area contributed by atoms with Crippen LogP contribution < -0.4 is 0 Å². The lowest BCUT2D eigenvalue weighted by molar-refractivity contribution is 0.635. The van der Waals surface area contributed by atoms with E-state index in [4.69, 9.17) is 11.6 Å². The van der Waals surface area contributed by atoms with Crippen LogP contribution in [0, 0.1) is 0 Å². The average molecular weight is 413 g/mol. The molecule has 0 bridgehead atoms. The second-order valence-electron chi connectivity index (χ2n) is 6.65. The highest BCUT2D eigenvalue weighted by Gasteiger charge is 2.29. The summed E-state index contributed by atoms with van der Waals surface area (Å²) in [5.41, 5.74) is 2.14. The Balaban J connectivity index is 1.42. The second kappa shape index (κ2) is 7.26. The number of rotatable bonds is 6. The van der Waals surface area contributed by atoms with E-state index in [1.807, 2.05) is 24.4 Å². The van der Waals surface area contributed by atoms with Crippen LogP contribution in [0.25, 0.3) is 10.9 Å². The predicted octanol–water partition coefficient (Wildman–Crippen LogP) is 5.76. The van der Waals surface area contributed by atoms with Crippen LogP contribution in [0.1, 0.15) is 35.1 Å². The second-order valence-corrected chi connectivity index (χ2v) is 9.03. The molecular weight excluding hydrogens is 396 g/mol.